The van der Waals surface area contributed by atoms with Crippen molar-refractivity contribution in [3.05, 3.63) is 41.7 Å². The maximum Gasteiger partial charge on any atom is 0.310 e. The lowest BCUT2D eigenvalue weighted by Gasteiger charge is -2.32. The van der Waals surface area contributed by atoms with Crippen molar-refractivity contribution in [1.82, 2.24) is 4.40 Å². The first-order valence-corrected chi connectivity index (χ1v) is 6.55. The standard InChI is InChI=1S/C15H15NO4/c17-13(18)9-15(14(19)20)5-4-10-7-11-3-1-2-6-16(11)12(10)8-15/h1-3,6-7H,4-5,8-9H2,(H,17,18)(H,19,20). The largest absolute Gasteiger partial charge is 0.481 e. The maximum absolute atomic E-state index is 11.6. The summed E-state index contributed by atoms with van der Waals surface area (Å²) < 4.78 is 1.97. The van der Waals surface area contributed by atoms with Gasteiger partial charge in [-0.1, -0.05) is 6.07 Å². The fourth-order valence-electron chi connectivity index (χ4n) is 3.13. The molecular weight excluding hydrogens is 258 g/mol. The van der Waals surface area contributed by atoms with E-state index in [0.29, 0.717) is 12.8 Å². The number of fused-ring (bicyclic) bond motifs is 3. The van der Waals surface area contributed by atoms with E-state index in [1.54, 1.807) is 0 Å². The van der Waals surface area contributed by atoms with E-state index in [9.17, 15) is 14.7 Å². The molecule has 2 aromatic heterocycles. The second kappa shape index (κ2) is 4.37. The van der Waals surface area contributed by atoms with Crippen LogP contribution in [0.3, 0.4) is 0 Å². The third-order valence-electron chi connectivity index (χ3n) is 4.20. The molecule has 0 saturated heterocycles. The van der Waals surface area contributed by atoms with Gasteiger partial charge in [-0.2, -0.15) is 0 Å². The smallest absolute Gasteiger partial charge is 0.310 e. The Morgan fingerprint density at radius 3 is 2.80 bits per heavy atom. The first-order chi connectivity index (χ1) is 9.52. The van der Waals surface area contributed by atoms with Gasteiger partial charge >= 0.3 is 11.9 Å². The highest BCUT2D eigenvalue weighted by molar-refractivity contribution is 5.82. The molecule has 0 bridgehead atoms. The van der Waals surface area contributed by atoms with Crippen molar-refractivity contribution in [2.75, 3.05) is 0 Å². The summed E-state index contributed by atoms with van der Waals surface area (Å²) >= 11 is 0. The van der Waals surface area contributed by atoms with E-state index in [1.807, 2.05) is 28.8 Å². The number of carbonyl (C=O) groups is 2. The van der Waals surface area contributed by atoms with E-state index in [-0.39, 0.29) is 12.8 Å². The van der Waals surface area contributed by atoms with Gasteiger partial charge in [0.15, 0.2) is 0 Å². The number of pyridine rings is 1. The number of carboxylic acid groups (broad SMARTS) is 2. The number of hydrogen-bond donors (Lipinski definition) is 2. The molecule has 1 atom stereocenters. The van der Waals surface area contributed by atoms with Gasteiger partial charge in [0.2, 0.25) is 0 Å². The van der Waals surface area contributed by atoms with Crippen LogP contribution >= 0.6 is 0 Å². The van der Waals surface area contributed by atoms with Crippen LogP contribution in [0.5, 0.6) is 0 Å². The number of aliphatic carboxylic acids is 2. The molecule has 5 nitrogen and oxygen atoms in total. The molecule has 104 valence electrons. The fraction of sp³-hybridized carbons (Fsp3) is 0.333. The molecule has 0 spiro atoms. The average Bonchev–Trinajstić information content (AvgIpc) is 2.76. The molecule has 2 heterocycles. The molecule has 0 fully saturated rings. The van der Waals surface area contributed by atoms with E-state index in [2.05, 4.69) is 6.07 Å². The van der Waals surface area contributed by atoms with E-state index in [4.69, 9.17) is 5.11 Å². The normalized spacial score (nSPS) is 21.6. The van der Waals surface area contributed by atoms with E-state index in [0.717, 1.165) is 16.8 Å². The number of hydrogen-bond acceptors (Lipinski definition) is 2. The topological polar surface area (TPSA) is 79.0 Å². The monoisotopic (exact) mass is 273 g/mol. The lowest BCUT2D eigenvalue weighted by molar-refractivity contribution is -0.156. The Balaban J connectivity index is 2.09. The minimum absolute atomic E-state index is 0.266. The number of nitrogens with zero attached hydrogens (tertiary/aromatic N) is 1. The summed E-state index contributed by atoms with van der Waals surface area (Å²) in [6.07, 6.45) is 2.81. The Morgan fingerprint density at radius 2 is 2.10 bits per heavy atom. The predicted molar refractivity (Wildman–Crippen MR) is 71.7 cm³/mol. The van der Waals surface area contributed by atoms with Gasteiger partial charge in [0.1, 0.15) is 0 Å². The van der Waals surface area contributed by atoms with Crippen LogP contribution in [0.25, 0.3) is 5.52 Å². The van der Waals surface area contributed by atoms with E-state index in [1.165, 1.54) is 0 Å². The molecular formula is C15H15NO4. The van der Waals surface area contributed by atoms with Crippen LogP contribution in [0.2, 0.25) is 0 Å². The number of carboxylic acids is 2. The van der Waals surface area contributed by atoms with Gasteiger partial charge in [-0.05, 0) is 36.6 Å². The van der Waals surface area contributed by atoms with Crippen LogP contribution in [0.15, 0.2) is 30.5 Å². The third-order valence-corrected chi connectivity index (χ3v) is 4.20. The Hall–Kier alpha value is -2.30. The van der Waals surface area contributed by atoms with Crippen molar-refractivity contribution in [3.8, 4) is 0 Å². The van der Waals surface area contributed by atoms with Gasteiger partial charge in [0, 0.05) is 23.8 Å². The Bertz CT molecular complexity index is 703. The Kier molecular flexibility index (Phi) is 2.78. The molecule has 0 amide bonds. The molecule has 2 aromatic rings. The van der Waals surface area contributed by atoms with Crippen molar-refractivity contribution < 1.29 is 19.8 Å². The molecule has 0 saturated carbocycles. The highest BCUT2D eigenvalue weighted by Gasteiger charge is 2.44. The third kappa shape index (κ3) is 1.86. The SMILES string of the molecule is O=C(O)CC1(C(=O)O)CCc2cc3ccccn3c2C1. The quantitative estimate of drug-likeness (QED) is 0.896. The molecule has 0 aromatic carbocycles. The van der Waals surface area contributed by atoms with Crippen molar-refractivity contribution in [2.45, 2.75) is 25.7 Å². The van der Waals surface area contributed by atoms with Crippen molar-refractivity contribution in [1.29, 1.82) is 0 Å². The van der Waals surface area contributed by atoms with E-state index >= 15 is 0 Å². The summed E-state index contributed by atoms with van der Waals surface area (Å²) in [6, 6.07) is 7.85. The molecule has 5 heteroatoms. The second-order valence-corrected chi connectivity index (χ2v) is 5.44. The average molecular weight is 273 g/mol. The molecule has 3 rings (SSSR count). The first kappa shape index (κ1) is 12.7. The Morgan fingerprint density at radius 1 is 1.30 bits per heavy atom. The predicted octanol–water partition coefficient (Wildman–Crippen LogP) is 1.97. The summed E-state index contributed by atoms with van der Waals surface area (Å²) in [6.45, 7) is 0. The minimum atomic E-state index is -1.19. The lowest BCUT2D eigenvalue weighted by atomic mass is 9.71. The highest BCUT2D eigenvalue weighted by Crippen LogP contribution is 2.39. The molecule has 0 radical (unpaired) electrons. The highest BCUT2D eigenvalue weighted by atomic mass is 16.4. The first-order valence-electron chi connectivity index (χ1n) is 6.55. The van der Waals surface area contributed by atoms with Crippen LogP contribution in [-0.2, 0) is 22.4 Å². The maximum atomic E-state index is 11.6. The van der Waals surface area contributed by atoms with Gasteiger partial charge in [-0.3, -0.25) is 9.59 Å². The molecule has 20 heavy (non-hydrogen) atoms. The van der Waals surface area contributed by atoms with Gasteiger partial charge in [0.05, 0.1) is 11.8 Å². The molecule has 1 aliphatic rings. The minimum Gasteiger partial charge on any atom is -0.481 e. The lowest BCUT2D eigenvalue weighted by Crippen LogP contribution is -2.39. The zero-order valence-electron chi connectivity index (χ0n) is 10.9. The summed E-state index contributed by atoms with van der Waals surface area (Å²) in [5.74, 6) is -2.08. The summed E-state index contributed by atoms with van der Waals surface area (Å²) in [7, 11) is 0. The Labute approximate surface area is 115 Å². The van der Waals surface area contributed by atoms with E-state index < -0.39 is 17.4 Å². The molecule has 2 N–H and O–H groups in total. The van der Waals surface area contributed by atoms with Gasteiger partial charge in [-0.15, -0.1) is 0 Å². The van der Waals surface area contributed by atoms with Gasteiger partial charge in [-0.25, -0.2) is 0 Å². The number of rotatable bonds is 3. The van der Waals surface area contributed by atoms with Crippen molar-refractivity contribution in [3.63, 3.8) is 0 Å². The number of aryl methyl sites for hydroxylation is 1. The summed E-state index contributed by atoms with van der Waals surface area (Å²) in [5, 5.41) is 18.5. The second-order valence-electron chi connectivity index (χ2n) is 5.44. The van der Waals surface area contributed by atoms with Crippen LogP contribution in [-0.4, -0.2) is 26.6 Å². The van der Waals surface area contributed by atoms with Gasteiger partial charge in [0.25, 0.3) is 0 Å². The molecule has 0 aliphatic heterocycles. The van der Waals surface area contributed by atoms with Crippen LogP contribution in [0, 0.1) is 5.41 Å². The molecule has 1 unspecified atom stereocenters. The molecule has 1 aliphatic carbocycles. The van der Waals surface area contributed by atoms with Crippen molar-refractivity contribution >= 4 is 17.5 Å². The zero-order valence-corrected chi connectivity index (χ0v) is 10.9. The summed E-state index contributed by atoms with van der Waals surface area (Å²) in [4.78, 5) is 22.6. The summed E-state index contributed by atoms with van der Waals surface area (Å²) in [5.41, 5.74) is 1.88. The van der Waals surface area contributed by atoms with Gasteiger partial charge < -0.3 is 14.6 Å². The van der Waals surface area contributed by atoms with Crippen LogP contribution in [0.1, 0.15) is 24.1 Å². The fourth-order valence-corrected chi connectivity index (χ4v) is 3.13. The number of aromatic nitrogens is 1. The van der Waals surface area contributed by atoms with Crippen LogP contribution < -0.4 is 0 Å². The zero-order chi connectivity index (χ0) is 14.3. The van der Waals surface area contributed by atoms with Crippen molar-refractivity contribution in [2.24, 2.45) is 5.41 Å². The van der Waals surface area contributed by atoms with Crippen LogP contribution in [0.4, 0.5) is 0 Å².